The maximum atomic E-state index is 12.2. The number of carbonyl (C=O) groups excluding carboxylic acids is 1. The highest BCUT2D eigenvalue weighted by Gasteiger charge is 2.19. The van der Waals surface area contributed by atoms with Gasteiger partial charge in [-0.05, 0) is 35.2 Å². The summed E-state index contributed by atoms with van der Waals surface area (Å²) in [5, 5.41) is 4.35. The van der Waals surface area contributed by atoms with Gasteiger partial charge in [-0.1, -0.05) is 44.2 Å². The number of amides is 1. The number of carbonyl (C=O) groups is 1. The van der Waals surface area contributed by atoms with E-state index in [2.05, 4.69) is 77.7 Å². The molecular formula is C23H29N3O. The Kier molecular flexibility index (Phi) is 5.84. The monoisotopic (exact) mass is 363 g/mol. The molecule has 0 aliphatic heterocycles. The fourth-order valence-corrected chi connectivity index (χ4v) is 3.45. The number of benzene rings is 2. The second kappa shape index (κ2) is 8.30. The van der Waals surface area contributed by atoms with Crippen LogP contribution in [0.1, 0.15) is 37.3 Å². The minimum atomic E-state index is 0.105. The predicted octanol–water partition coefficient (Wildman–Crippen LogP) is 4.53. The average Bonchev–Trinajstić information content (AvgIpc) is 3.06. The van der Waals surface area contributed by atoms with Crippen LogP contribution in [-0.2, 0) is 4.79 Å². The molecule has 0 saturated heterocycles. The summed E-state index contributed by atoms with van der Waals surface area (Å²) in [5.41, 5.74) is 4.71. The number of nitrogens with one attached hydrogen (secondary N) is 2. The zero-order valence-electron chi connectivity index (χ0n) is 16.6. The summed E-state index contributed by atoms with van der Waals surface area (Å²) in [5.74, 6) is 0.573. The van der Waals surface area contributed by atoms with Crippen LogP contribution in [0, 0.1) is 5.92 Å². The molecule has 2 aromatic carbocycles. The molecule has 3 rings (SSSR count). The SMILES string of the molecule is CC(C)CC(=O)NCC(c1ccc(N(C)C)cc1)c1c[nH]c2ccccc12. The lowest BCUT2D eigenvalue weighted by atomic mass is 9.90. The molecule has 3 aromatic rings. The van der Waals surface area contributed by atoms with Crippen molar-refractivity contribution in [2.75, 3.05) is 25.5 Å². The lowest BCUT2D eigenvalue weighted by Crippen LogP contribution is -2.29. The predicted molar refractivity (Wildman–Crippen MR) is 113 cm³/mol. The van der Waals surface area contributed by atoms with E-state index in [4.69, 9.17) is 0 Å². The minimum Gasteiger partial charge on any atom is -0.378 e. The van der Waals surface area contributed by atoms with Gasteiger partial charge in [-0.25, -0.2) is 0 Å². The molecule has 0 aliphatic carbocycles. The van der Waals surface area contributed by atoms with Gasteiger partial charge in [-0.15, -0.1) is 0 Å². The minimum absolute atomic E-state index is 0.105. The molecule has 142 valence electrons. The number of fused-ring (bicyclic) bond motifs is 1. The molecule has 1 atom stereocenters. The van der Waals surface area contributed by atoms with Gasteiger partial charge in [-0.2, -0.15) is 0 Å². The average molecular weight is 364 g/mol. The number of rotatable bonds is 7. The molecule has 0 fully saturated rings. The van der Waals surface area contributed by atoms with Crippen molar-refractivity contribution in [3.05, 3.63) is 65.9 Å². The number of aromatic amines is 1. The van der Waals surface area contributed by atoms with Crippen molar-refractivity contribution in [3.63, 3.8) is 0 Å². The van der Waals surface area contributed by atoms with Gasteiger partial charge in [0.05, 0.1) is 0 Å². The van der Waals surface area contributed by atoms with Crippen LogP contribution in [0.3, 0.4) is 0 Å². The van der Waals surface area contributed by atoms with Gasteiger partial charge in [0.2, 0.25) is 5.91 Å². The summed E-state index contributed by atoms with van der Waals surface area (Å²) < 4.78 is 0. The number of anilines is 1. The molecule has 4 heteroatoms. The summed E-state index contributed by atoms with van der Waals surface area (Å²) in [6.07, 6.45) is 2.63. The first kappa shape index (κ1) is 19.0. The summed E-state index contributed by atoms with van der Waals surface area (Å²) in [7, 11) is 4.08. The number of hydrogen-bond acceptors (Lipinski definition) is 2. The van der Waals surface area contributed by atoms with E-state index in [0.717, 1.165) is 5.52 Å². The molecule has 2 N–H and O–H groups in total. The summed E-state index contributed by atoms with van der Waals surface area (Å²) in [6.45, 7) is 4.72. The van der Waals surface area contributed by atoms with Crippen molar-refractivity contribution in [2.45, 2.75) is 26.2 Å². The maximum absolute atomic E-state index is 12.2. The van der Waals surface area contributed by atoms with Crippen molar-refractivity contribution < 1.29 is 4.79 Å². The molecule has 1 aromatic heterocycles. The largest absolute Gasteiger partial charge is 0.378 e. The quantitative estimate of drug-likeness (QED) is 0.648. The van der Waals surface area contributed by atoms with Crippen molar-refractivity contribution >= 4 is 22.5 Å². The zero-order chi connectivity index (χ0) is 19.4. The third-order valence-corrected chi connectivity index (χ3v) is 4.91. The van der Waals surface area contributed by atoms with Gasteiger partial charge in [0.15, 0.2) is 0 Å². The molecule has 0 spiro atoms. The van der Waals surface area contributed by atoms with E-state index in [1.165, 1.54) is 22.2 Å². The normalized spacial score (nSPS) is 12.3. The first-order valence-electron chi connectivity index (χ1n) is 9.55. The fourth-order valence-electron chi connectivity index (χ4n) is 3.45. The molecule has 27 heavy (non-hydrogen) atoms. The molecule has 1 heterocycles. The van der Waals surface area contributed by atoms with Crippen LogP contribution >= 0.6 is 0 Å². The Morgan fingerprint density at radius 3 is 2.44 bits per heavy atom. The van der Waals surface area contributed by atoms with Crippen molar-refractivity contribution in [1.29, 1.82) is 0 Å². The van der Waals surface area contributed by atoms with Crippen LogP contribution in [0.5, 0.6) is 0 Å². The van der Waals surface area contributed by atoms with Crippen LogP contribution in [0.2, 0.25) is 0 Å². The zero-order valence-corrected chi connectivity index (χ0v) is 16.6. The van der Waals surface area contributed by atoms with Crippen LogP contribution < -0.4 is 10.2 Å². The topological polar surface area (TPSA) is 48.1 Å². The Bertz CT molecular complexity index is 893. The number of H-pyrrole nitrogens is 1. The lowest BCUT2D eigenvalue weighted by molar-refractivity contribution is -0.121. The van der Waals surface area contributed by atoms with Crippen LogP contribution in [0.15, 0.2) is 54.7 Å². The fraction of sp³-hybridized carbons (Fsp3) is 0.348. The third-order valence-electron chi connectivity index (χ3n) is 4.91. The van der Waals surface area contributed by atoms with Crippen LogP contribution in [-0.4, -0.2) is 31.5 Å². The van der Waals surface area contributed by atoms with Crippen molar-refractivity contribution in [1.82, 2.24) is 10.3 Å². The van der Waals surface area contributed by atoms with Gasteiger partial charge in [0, 0.05) is 55.8 Å². The summed E-state index contributed by atoms with van der Waals surface area (Å²) in [4.78, 5) is 17.7. The van der Waals surface area contributed by atoms with E-state index in [9.17, 15) is 4.79 Å². The van der Waals surface area contributed by atoms with Crippen molar-refractivity contribution in [3.8, 4) is 0 Å². The van der Waals surface area contributed by atoms with E-state index in [1.54, 1.807) is 0 Å². The van der Waals surface area contributed by atoms with Crippen molar-refractivity contribution in [2.24, 2.45) is 5.92 Å². The number of hydrogen-bond donors (Lipinski definition) is 2. The number of para-hydroxylation sites is 1. The van der Waals surface area contributed by atoms with E-state index in [0.29, 0.717) is 18.9 Å². The highest BCUT2D eigenvalue weighted by molar-refractivity contribution is 5.84. The second-order valence-corrected chi connectivity index (χ2v) is 7.73. The molecule has 1 unspecified atom stereocenters. The molecule has 0 bridgehead atoms. The second-order valence-electron chi connectivity index (χ2n) is 7.73. The van der Waals surface area contributed by atoms with Gasteiger partial charge in [0.25, 0.3) is 0 Å². The van der Waals surface area contributed by atoms with E-state index < -0.39 is 0 Å². The standard InChI is InChI=1S/C23H29N3O/c1-16(2)13-23(27)25-14-20(17-9-11-18(12-10-17)26(3)4)21-15-24-22-8-6-5-7-19(21)22/h5-12,15-16,20,24H,13-14H2,1-4H3,(H,25,27). The smallest absolute Gasteiger partial charge is 0.220 e. The van der Waals surface area contributed by atoms with E-state index in [-0.39, 0.29) is 11.8 Å². The van der Waals surface area contributed by atoms with Gasteiger partial charge in [-0.3, -0.25) is 4.79 Å². The number of nitrogens with zero attached hydrogens (tertiary/aromatic N) is 1. The summed E-state index contributed by atoms with van der Waals surface area (Å²) in [6, 6.07) is 16.9. The summed E-state index contributed by atoms with van der Waals surface area (Å²) >= 11 is 0. The molecule has 1 amide bonds. The molecule has 0 saturated carbocycles. The Balaban J connectivity index is 1.92. The van der Waals surface area contributed by atoms with Gasteiger partial charge < -0.3 is 15.2 Å². The highest BCUT2D eigenvalue weighted by Crippen LogP contribution is 2.31. The third kappa shape index (κ3) is 4.51. The molecule has 4 nitrogen and oxygen atoms in total. The Labute approximate surface area is 161 Å². The van der Waals surface area contributed by atoms with Gasteiger partial charge in [0.1, 0.15) is 0 Å². The lowest BCUT2D eigenvalue weighted by Gasteiger charge is -2.20. The Morgan fingerprint density at radius 2 is 1.78 bits per heavy atom. The van der Waals surface area contributed by atoms with E-state index >= 15 is 0 Å². The highest BCUT2D eigenvalue weighted by atomic mass is 16.1. The molecule has 0 radical (unpaired) electrons. The first-order chi connectivity index (χ1) is 13.0. The molecule has 0 aliphatic rings. The number of aromatic nitrogens is 1. The first-order valence-corrected chi connectivity index (χ1v) is 9.55. The Morgan fingerprint density at radius 1 is 1.07 bits per heavy atom. The van der Waals surface area contributed by atoms with E-state index in [1.807, 2.05) is 20.2 Å². The van der Waals surface area contributed by atoms with Crippen LogP contribution in [0.25, 0.3) is 10.9 Å². The Hall–Kier alpha value is -2.75. The van der Waals surface area contributed by atoms with Crippen LogP contribution in [0.4, 0.5) is 5.69 Å². The van der Waals surface area contributed by atoms with Gasteiger partial charge >= 0.3 is 0 Å². The maximum Gasteiger partial charge on any atom is 0.220 e. The molecular weight excluding hydrogens is 334 g/mol.